The van der Waals surface area contributed by atoms with Crippen LogP contribution < -0.4 is 10.6 Å². The second-order valence-electron chi connectivity index (χ2n) is 3.15. The third-order valence-electron chi connectivity index (χ3n) is 2.00. The number of hydrogen-bond donors (Lipinski definition) is 2. The van der Waals surface area contributed by atoms with E-state index in [0.717, 1.165) is 0 Å². The van der Waals surface area contributed by atoms with Crippen molar-refractivity contribution < 1.29 is 9.59 Å². The predicted octanol–water partition coefficient (Wildman–Crippen LogP) is -0.810. The maximum Gasteiger partial charge on any atom is 0.221 e. The number of carbonyl (C=O) groups excluding carboxylic acids is 2. The number of hydrogen-bond acceptors (Lipinski definition) is 3. The average molecular weight is 201 g/mol. The van der Waals surface area contributed by atoms with Crippen molar-refractivity contribution in [3.63, 3.8) is 0 Å². The molecule has 0 aliphatic rings. The van der Waals surface area contributed by atoms with E-state index in [0.29, 0.717) is 25.9 Å². The lowest BCUT2D eigenvalue weighted by atomic mass is 10.3. The van der Waals surface area contributed by atoms with Gasteiger partial charge in [-0.3, -0.25) is 9.59 Å². The molecule has 0 fully saturated rings. The Morgan fingerprint density at radius 1 is 1.00 bits per heavy atom. The third kappa shape index (κ3) is 6.42. The largest absolute Gasteiger partial charge is 0.359 e. The second-order valence-corrected chi connectivity index (χ2v) is 3.15. The Morgan fingerprint density at radius 2 is 1.36 bits per heavy atom. The molecule has 0 saturated heterocycles. The van der Waals surface area contributed by atoms with Crippen LogP contribution in [0.4, 0.5) is 0 Å². The fourth-order valence-electron chi connectivity index (χ4n) is 0.947. The Hall–Kier alpha value is -1.10. The molecule has 0 atom stereocenters. The summed E-state index contributed by atoms with van der Waals surface area (Å²) in [7, 11) is 5.13. The molecule has 0 aromatic rings. The van der Waals surface area contributed by atoms with Gasteiger partial charge < -0.3 is 15.5 Å². The molecule has 5 heteroatoms. The zero-order valence-electron chi connectivity index (χ0n) is 9.09. The maximum atomic E-state index is 10.9. The van der Waals surface area contributed by atoms with Crippen LogP contribution in [0.25, 0.3) is 0 Å². The van der Waals surface area contributed by atoms with Gasteiger partial charge in [0.25, 0.3) is 0 Å². The van der Waals surface area contributed by atoms with Crippen LogP contribution >= 0.6 is 0 Å². The van der Waals surface area contributed by atoms with Gasteiger partial charge in [-0.15, -0.1) is 0 Å². The highest BCUT2D eigenvalue weighted by Crippen LogP contribution is 1.90. The van der Waals surface area contributed by atoms with E-state index in [1.54, 1.807) is 14.1 Å². The lowest BCUT2D eigenvalue weighted by Gasteiger charge is -2.14. The topological polar surface area (TPSA) is 61.4 Å². The van der Waals surface area contributed by atoms with Crippen LogP contribution in [0.5, 0.6) is 0 Å². The summed E-state index contributed by atoms with van der Waals surface area (Å²) in [6.45, 7) is 1.35. The molecule has 0 radical (unpaired) electrons. The van der Waals surface area contributed by atoms with Crippen molar-refractivity contribution in [2.45, 2.75) is 12.8 Å². The van der Waals surface area contributed by atoms with Crippen molar-refractivity contribution in [1.29, 1.82) is 0 Å². The van der Waals surface area contributed by atoms with Gasteiger partial charge in [0, 0.05) is 40.0 Å². The maximum absolute atomic E-state index is 10.9. The van der Waals surface area contributed by atoms with E-state index >= 15 is 0 Å². The van der Waals surface area contributed by atoms with E-state index in [9.17, 15) is 9.59 Å². The molecule has 0 aromatic carbocycles. The molecule has 0 aliphatic carbocycles. The molecular weight excluding hydrogens is 182 g/mol. The summed E-state index contributed by atoms with van der Waals surface area (Å²) in [5.41, 5.74) is 0. The molecule has 0 saturated carbocycles. The molecule has 82 valence electrons. The van der Waals surface area contributed by atoms with Gasteiger partial charge in [0.2, 0.25) is 11.8 Å². The third-order valence-corrected chi connectivity index (χ3v) is 2.00. The zero-order valence-corrected chi connectivity index (χ0v) is 9.09. The highest BCUT2D eigenvalue weighted by Gasteiger charge is 2.04. The number of nitrogens with one attached hydrogen (secondary N) is 2. The standard InChI is InChI=1S/C9H19N3O2/c1-10-8(13)4-6-12(3)7-5-9(14)11-2/h4-7H2,1-3H3,(H,10,13)(H,11,14). The minimum absolute atomic E-state index is 0.0248. The lowest BCUT2D eigenvalue weighted by molar-refractivity contribution is -0.120. The van der Waals surface area contributed by atoms with Gasteiger partial charge in [-0.1, -0.05) is 0 Å². The second kappa shape index (κ2) is 7.32. The van der Waals surface area contributed by atoms with Crippen LogP contribution in [0.1, 0.15) is 12.8 Å². The Kier molecular flexibility index (Phi) is 6.74. The van der Waals surface area contributed by atoms with Gasteiger partial charge in [0.15, 0.2) is 0 Å². The molecule has 0 rings (SSSR count). The Labute approximate surface area is 84.8 Å². The fraction of sp³-hybridized carbons (Fsp3) is 0.778. The summed E-state index contributed by atoms with van der Waals surface area (Å²) in [6.07, 6.45) is 0.946. The average Bonchev–Trinajstić information content (AvgIpc) is 2.22. The predicted molar refractivity (Wildman–Crippen MR) is 54.9 cm³/mol. The molecule has 0 aliphatic heterocycles. The number of rotatable bonds is 6. The first kappa shape index (κ1) is 12.9. The molecule has 14 heavy (non-hydrogen) atoms. The normalized spacial score (nSPS) is 10.0. The Balaban J connectivity index is 3.50. The van der Waals surface area contributed by atoms with Crippen LogP contribution in [0.3, 0.4) is 0 Å². The van der Waals surface area contributed by atoms with Gasteiger partial charge in [-0.25, -0.2) is 0 Å². The summed E-state index contributed by atoms with van der Waals surface area (Å²) in [5, 5.41) is 5.10. The first-order chi connectivity index (χ1) is 6.60. The van der Waals surface area contributed by atoms with Gasteiger partial charge in [-0.2, -0.15) is 0 Å². The van der Waals surface area contributed by atoms with Crippen molar-refractivity contribution in [2.75, 3.05) is 34.2 Å². The minimum Gasteiger partial charge on any atom is -0.359 e. The van der Waals surface area contributed by atoms with E-state index in [1.807, 2.05) is 11.9 Å². The number of carbonyl (C=O) groups is 2. The Bertz CT molecular complexity index is 174. The van der Waals surface area contributed by atoms with Crippen molar-refractivity contribution in [1.82, 2.24) is 15.5 Å². The van der Waals surface area contributed by atoms with E-state index in [4.69, 9.17) is 0 Å². The van der Waals surface area contributed by atoms with E-state index in [1.165, 1.54) is 0 Å². The van der Waals surface area contributed by atoms with Crippen LogP contribution in [0, 0.1) is 0 Å². The summed E-state index contributed by atoms with van der Waals surface area (Å²) in [6, 6.07) is 0. The molecule has 0 unspecified atom stereocenters. The SMILES string of the molecule is CNC(=O)CCN(C)CCC(=O)NC. The monoisotopic (exact) mass is 201 g/mol. The fourth-order valence-corrected chi connectivity index (χ4v) is 0.947. The van der Waals surface area contributed by atoms with Crippen molar-refractivity contribution >= 4 is 11.8 Å². The highest BCUT2D eigenvalue weighted by molar-refractivity contribution is 5.76. The van der Waals surface area contributed by atoms with E-state index in [-0.39, 0.29) is 11.8 Å². The van der Waals surface area contributed by atoms with E-state index in [2.05, 4.69) is 10.6 Å². The van der Waals surface area contributed by atoms with Crippen LogP contribution in [0.2, 0.25) is 0 Å². The molecule has 0 aromatic heterocycles. The van der Waals surface area contributed by atoms with Crippen molar-refractivity contribution in [3.8, 4) is 0 Å². The number of amides is 2. The zero-order chi connectivity index (χ0) is 11.0. The minimum atomic E-state index is 0.0248. The quantitative estimate of drug-likeness (QED) is 0.591. The summed E-state index contributed by atoms with van der Waals surface area (Å²) < 4.78 is 0. The first-order valence-corrected chi connectivity index (χ1v) is 4.70. The van der Waals surface area contributed by atoms with Crippen LogP contribution in [-0.4, -0.2) is 50.9 Å². The lowest BCUT2D eigenvalue weighted by Crippen LogP contribution is -2.30. The smallest absolute Gasteiger partial charge is 0.221 e. The van der Waals surface area contributed by atoms with E-state index < -0.39 is 0 Å². The van der Waals surface area contributed by atoms with Crippen molar-refractivity contribution in [2.24, 2.45) is 0 Å². The molecule has 0 bridgehead atoms. The van der Waals surface area contributed by atoms with Gasteiger partial charge >= 0.3 is 0 Å². The highest BCUT2D eigenvalue weighted by atomic mass is 16.2. The molecule has 0 spiro atoms. The Morgan fingerprint density at radius 3 is 1.64 bits per heavy atom. The van der Waals surface area contributed by atoms with Gasteiger partial charge in [0.1, 0.15) is 0 Å². The molecule has 0 heterocycles. The summed E-state index contributed by atoms with van der Waals surface area (Å²) in [5.74, 6) is 0.0496. The molecule has 2 N–H and O–H groups in total. The first-order valence-electron chi connectivity index (χ1n) is 4.70. The van der Waals surface area contributed by atoms with Gasteiger partial charge in [0.05, 0.1) is 0 Å². The molecule has 5 nitrogen and oxygen atoms in total. The molecular formula is C9H19N3O2. The summed E-state index contributed by atoms with van der Waals surface area (Å²) >= 11 is 0. The van der Waals surface area contributed by atoms with Crippen molar-refractivity contribution in [3.05, 3.63) is 0 Å². The van der Waals surface area contributed by atoms with Crippen LogP contribution in [-0.2, 0) is 9.59 Å². The van der Waals surface area contributed by atoms with Crippen LogP contribution in [0.15, 0.2) is 0 Å². The summed E-state index contributed by atoms with van der Waals surface area (Å²) in [4.78, 5) is 23.7. The van der Waals surface area contributed by atoms with Gasteiger partial charge in [-0.05, 0) is 7.05 Å². The number of nitrogens with zero attached hydrogens (tertiary/aromatic N) is 1. The molecule has 2 amide bonds.